The van der Waals surface area contributed by atoms with Gasteiger partial charge in [-0.05, 0) is 72.8 Å². The lowest BCUT2D eigenvalue weighted by Gasteiger charge is -2.31. The largest absolute Gasteiger partial charge is 0.508 e. The van der Waals surface area contributed by atoms with E-state index in [1.54, 1.807) is 12.1 Å². The molecule has 0 saturated carbocycles. The van der Waals surface area contributed by atoms with Crippen molar-refractivity contribution in [2.24, 2.45) is 5.92 Å². The zero-order valence-electron chi connectivity index (χ0n) is 19.3. The molecular weight excluding hydrogens is 410 g/mol. The molecule has 3 aromatic rings. The normalized spacial score (nSPS) is 20.4. The molecule has 3 aromatic carbocycles. The molecule has 1 N–H and O–H groups in total. The highest BCUT2D eigenvalue weighted by atomic mass is 16.5. The Balaban J connectivity index is 1.37. The van der Waals surface area contributed by atoms with Gasteiger partial charge in [-0.25, -0.2) is 0 Å². The Kier molecular flexibility index (Phi) is 6.10. The molecule has 2 aliphatic heterocycles. The van der Waals surface area contributed by atoms with Crippen molar-refractivity contribution in [3.8, 4) is 17.2 Å². The zero-order valence-corrected chi connectivity index (χ0v) is 19.3. The number of phenols is 1. The van der Waals surface area contributed by atoms with Gasteiger partial charge in [0.15, 0.2) is 0 Å². The van der Waals surface area contributed by atoms with Gasteiger partial charge in [-0.1, -0.05) is 49.4 Å². The third-order valence-electron chi connectivity index (χ3n) is 6.75. The average Bonchev–Trinajstić information content (AvgIpc) is 3.25. The van der Waals surface area contributed by atoms with Crippen LogP contribution in [-0.4, -0.2) is 36.2 Å². The molecule has 0 spiro atoms. The van der Waals surface area contributed by atoms with Gasteiger partial charge >= 0.3 is 0 Å². The summed E-state index contributed by atoms with van der Waals surface area (Å²) >= 11 is 0. The molecule has 5 rings (SSSR count). The van der Waals surface area contributed by atoms with E-state index in [0.29, 0.717) is 6.61 Å². The van der Waals surface area contributed by atoms with Crippen LogP contribution in [0.15, 0.2) is 72.8 Å². The average molecular weight is 442 g/mol. The highest BCUT2D eigenvalue weighted by molar-refractivity contribution is 5.95. The molecule has 170 valence electrons. The van der Waals surface area contributed by atoms with Gasteiger partial charge < -0.3 is 14.6 Å². The van der Waals surface area contributed by atoms with Crippen molar-refractivity contribution < 1.29 is 14.6 Å². The maximum absolute atomic E-state index is 9.78. The number of phenolic OH excluding ortho intramolecular Hbond substituents is 1. The predicted molar refractivity (Wildman–Crippen MR) is 133 cm³/mol. The fraction of sp³-hybridized carbons (Fsp3) is 0.310. The van der Waals surface area contributed by atoms with Gasteiger partial charge in [0.25, 0.3) is 0 Å². The molecule has 0 bridgehead atoms. The maximum Gasteiger partial charge on any atom is 0.150 e. The van der Waals surface area contributed by atoms with E-state index in [4.69, 9.17) is 9.47 Å². The van der Waals surface area contributed by atoms with Crippen LogP contribution in [0.5, 0.6) is 17.2 Å². The van der Waals surface area contributed by atoms with Gasteiger partial charge in [-0.3, -0.25) is 4.90 Å². The van der Waals surface area contributed by atoms with Crippen LogP contribution in [0.2, 0.25) is 0 Å². The molecule has 1 fully saturated rings. The lowest BCUT2D eigenvalue weighted by atomic mass is 9.86. The maximum atomic E-state index is 9.78. The first-order valence-corrected chi connectivity index (χ1v) is 11.8. The Morgan fingerprint density at radius 3 is 2.48 bits per heavy atom. The first-order valence-electron chi connectivity index (χ1n) is 11.8. The van der Waals surface area contributed by atoms with Crippen LogP contribution in [0.25, 0.3) is 11.1 Å². The minimum Gasteiger partial charge on any atom is -0.508 e. The zero-order chi connectivity index (χ0) is 22.8. The number of rotatable bonds is 6. The summed E-state index contributed by atoms with van der Waals surface area (Å²) < 4.78 is 12.5. The fourth-order valence-electron chi connectivity index (χ4n) is 4.91. The predicted octanol–water partition coefficient (Wildman–Crippen LogP) is 6.18. The lowest BCUT2D eigenvalue weighted by Crippen LogP contribution is -2.25. The minimum absolute atomic E-state index is 0.232. The number of allylic oxidation sites excluding steroid dienone is 1. The number of hydrogen-bond donors (Lipinski definition) is 1. The van der Waals surface area contributed by atoms with Gasteiger partial charge in [0.05, 0.1) is 0 Å². The topological polar surface area (TPSA) is 41.9 Å². The number of para-hydroxylation sites is 1. The quantitative estimate of drug-likeness (QED) is 0.496. The van der Waals surface area contributed by atoms with Gasteiger partial charge in [0.1, 0.15) is 30.0 Å². The standard InChI is InChI=1S/C29H31NO3/c1-20-15-16-30(19-20)17-18-32-25-13-9-23(10-14-25)29-28(22-7-11-24(31)12-8-22)21(2)26-5-3-4-6-27(26)33-29/h3-14,20,29,31H,15-19H2,1-2H3/t20-,29+/m1/s1. The van der Waals surface area contributed by atoms with Crippen LogP contribution in [0.3, 0.4) is 0 Å². The highest BCUT2D eigenvalue weighted by Gasteiger charge is 2.29. The van der Waals surface area contributed by atoms with E-state index in [1.165, 1.54) is 25.1 Å². The van der Waals surface area contributed by atoms with Crippen LogP contribution < -0.4 is 9.47 Å². The minimum atomic E-state index is -0.232. The fourth-order valence-corrected chi connectivity index (χ4v) is 4.91. The second-order valence-electron chi connectivity index (χ2n) is 9.19. The molecule has 0 aliphatic carbocycles. The summed E-state index contributed by atoms with van der Waals surface area (Å²) in [5.41, 5.74) is 5.53. The number of nitrogens with zero attached hydrogens (tertiary/aromatic N) is 1. The smallest absolute Gasteiger partial charge is 0.150 e. The molecule has 4 heteroatoms. The SMILES string of the molecule is CC1=C(c2ccc(O)cc2)[C@H](c2ccc(OCCN3CC[C@@H](C)C3)cc2)Oc2ccccc21. The number of aromatic hydroxyl groups is 1. The molecule has 33 heavy (non-hydrogen) atoms. The molecule has 2 heterocycles. The Morgan fingerprint density at radius 1 is 1.00 bits per heavy atom. The van der Waals surface area contributed by atoms with E-state index in [1.807, 2.05) is 42.5 Å². The van der Waals surface area contributed by atoms with Crippen molar-refractivity contribution in [3.05, 3.63) is 89.5 Å². The van der Waals surface area contributed by atoms with Crippen molar-refractivity contribution in [3.63, 3.8) is 0 Å². The Bertz CT molecular complexity index is 1130. The molecule has 1 saturated heterocycles. The number of ether oxygens (including phenoxy) is 2. The van der Waals surface area contributed by atoms with Crippen molar-refractivity contribution in [1.29, 1.82) is 0 Å². The third-order valence-corrected chi connectivity index (χ3v) is 6.75. The lowest BCUT2D eigenvalue weighted by molar-refractivity contribution is 0.233. The van der Waals surface area contributed by atoms with E-state index in [-0.39, 0.29) is 11.9 Å². The van der Waals surface area contributed by atoms with Crippen LogP contribution >= 0.6 is 0 Å². The van der Waals surface area contributed by atoms with Gasteiger partial charge in [0, 0.05) is 24.2 Å². The number of likely N-dealkylation sites (tertiary alicyclic amines) is 1. The van der Waals surface area contributed by atoms with E-state index in [0.717, 1.165) is 46.2 Å². The molecule has 0 amide bonds. The second-order valence-corrected chi connectivity index (χ2v) is 9.19. The Hall–Kier alpha value is -3.24. The van der Waals surface area contributed by atoms with Crippen LogP contribution in [-0.2, 0) is 0 Å². The van der Waals surface area contributed by atoms with Crippen LogP contribution in [0.1, 0.15) is 43.1 Å². The molecule has 0 aromatic heterocycles. The summed E-state index contributed by atoms with van der Waals surface area (Å²) in [6.45, 7) is 8.49. The first kappa shape index (κ1) is 21.6. The number of hydrogen-bond acceptors (Lipinski definition) is 4. The van der Waals surface area contributed by atoms with Crippen molar-refractivity contribution in [1.82, 2.24) is 4.90 Å². The third kappa shape index (κ3) is 4.62. The molecule has 0 unspecified atom stereocenters. The van der Waals surface area contributed by atoms with Crippen molar-refractivity contribution in [2.75, 3.05) is 26.2 Å². The van der Waals surface area contributed by atoms with Gasteiger partial charge in [-0.15, -0.1) is 0 Å². The summed E-state index contributed by atoms with van der Waals surface area (Å²) in [6.07, 6.45) is 1.06. The summed E-state index contributed by atoms with van der Waals surface area (Å²) in [5.74, 6) is 2.83. The second kappa shape index (κ2) is 9.32. The van der Waals surface area contributed by atoms with Crippen molar-refractivity contribution in [2.45, 2.75) is 26.4 Å². The summed E-state index contributed by atoms with van der Waals surface area (Å²) in [4.78, 5) is 2.48. The van der Waals surface area contributed by atoms with E-state index in [2.05, 4.69) is 36.9 Å². The van der Waals surface area contributed by atoms with Gasteiger partial charge in [0.2, 0.25) is 0 Å². The number of benzene rings is 3. The van der Waals surface area contributed by atoms with Crippen LogP contribution in [0.4, 0.5) is 0 Å². The Labute approximate surface area is 196 Å². The monoisotopic (exact) mass is 441 g/mol. The summed E-state index contributed by atoms with van der Waals surface area (Å²) in [6, 6.07) is 23.8. The number of fused-ring (bicyclic) bond motifs is 1. The van der Waals surface area contributed by atoms with E-state index < -0.39 is 0 Å². The van der Waals surface area contributed by atoms with E-state index >= 15 is 0 Å². The first-order chi connectivity index (χ1) is 16.1. The Morgan fingerprint density at radius 2 is 1.76 bits per heavy atom. The molecule has 4 nitrogen and oxygen atoms in total. The van der Waals surface area contributed by atoms with E-state index in [9.17, 15) is 5.11 Å². The molecule has 0 radical (unpaired) electrons. The van der Waals surface area contributed by atoms with Gasteiger partial charge in [-0.2, -0.15) is 0 Å². The highest BCUT2D eigenvalue weighted by Crippen LogP contribution is 2.46. The summed E-state index contributed by atoms with van der Waals surface area (Å²) in [5, 5.41) is 9.78. The molecule has 2 atom stereocenters. The van der Waals surface area contributed by atoms with Crippen LogP contribution in [0, 0.1) is 5.92 Å². The van der Waals surface area contributed by atoms with Crippen molar-refractivity contribution >= 4 is 11.1 Å². The summed E-state index contributed by atoms with van der Waals surface area (Å²) in [7, 11) is 0. The molecular formula is C29H31NO3. The molecule has 2 aliphatic rings.